The van der Waals surface area contributed by atoms with Gasteiger partial charge in [-0.25, -0.2) is 5.43 Å². The second-order valence-corrected chi connectivity index (χ2v) is 5.67. The van der Waals surface area contributed by atoms with Crippen molar-refractivity contribution in [3.63, 3.8) is 0 Å². The first-order valence-electron chi connectivity index (χ1n) is 7.40. The Morgan fingerprint density at radius 1 is 1.18 bits per heavy atom. The smallest absolute Gasteiger partial charge is 0.267 e. The number of rotatable bonds is 5. The Bertz CT molecular complexity index is 646. The van der Waals surface area contributed by atoms with Crippen LogP contribution in [-0.2, 0) is 6.42 Å². The standard InChI is InChI=1S/C18H21N3O/c1-13(2)11-15-6-8-16(9-7-15)14(3)20-21-18(22)17-5-4-10-19-12-17/h4-10,12-13H,11H2,1-3H3,(H,21,22)/b20-14+. The molecular weight excluding hydrogens is 274 g/mol. The highest BCUT2D eigenvalue weighted by Crippen LogP contribution is 2.10. The fourth-order valence-corrected chi connectivity index (χ4v) is 2.11. The van der Waals surface area contributed by atoms with Gasteiger partial charge in [0.2, 0.25) is 0 Å². The molecule has 0 aliphatic carbocycles. The summed E-state index contributed by atoms with van der Waals surface area (Å²) in [6.45, 7) is 6.28. The van der Waals surface area contributed by atoms with Crippen LogP contribution in [0.2, 0.25) is 0 Å². The van der Waals surface area contributed by atoms with E-state index in [1.807, 2.05) is 19.1 Å². The molecule has 114 valence electrons. The molecule has 0 bridgehead atoms. The zero-order valence-corrected chi connectivity index (χ0v) is 13.2. The Balaban J connectivity index is 2.01. The van der Waals surface area contributed by atoms with Gasteiger partial charge in [-0.3, -0.25) is 9.78 Å². The predicted molar refractivity (Wildman–Crippen MR) is 88.9 cm³/mol. The van der Waals surface area contributed by atoms with E-state index in [1.54, 1.807) is 18.3 Å². The van der Waals surface area contributed by atoms with E-state index >= 15 is 0 Å². The van der Waals surface area contributed by atoms with E-state index in [0.717, 1.165) is 17.7 Å². The SMILES string of the molecule is C/C(=N\NC(=O)c1cccnc1)c1ccc(CC(C)C)cc1. The molecule has 1 heterocycles. The molecule has 0 fully saturated rings. The average Bonchev–Trinajstić information content (AvgIpc) is 2.53. The van der Waals surface area contributed by atoms with Crippen molar-refractivity contribution >= 4 is 11.6 Å². The van der Waals surface area contributed by atoms with Crippen LogP contribution in [0.5, 0.6) is 0 Å². The fraction of sp³-hybridized carbons (Fsp3) is 0.278. The molecule has 1 aromatic heterocycles. The molecule has 0 aliphatic heterocycles. The van der Waals surface area contributed by atoms with E-state index in [-0.39, 0.29) is 5.91 Å². The van der Waals surface area contributed by atoms with Crippen molar-refractivity contribution in [3.8, 4) is 0 Å². The summed E-state index contributed by atoms with van der Waals surface area (Å²) in [5.74, 6) is 0.378. The largest absolute Gasteiger partial charge is 0.272 e. The first-order valence-corrected chi connectivity index (χ1v) is 7.40. The molecule has 0 saturated carbocycles. The highest BCUT2D eigenvalue weighted by Gasteiger charge is 2.05. The van der Waals surface area contributed by atoms with Crippen molar-refractivity contribution in [2.75, 3.05) is 0 Å². The third-order valence-electron chi connectivity index (χ3n) is 3.26. The molecule has 0 saturated heterocycles. The van der Waals surface area contributed by atoms with Crippen LogP contribution < -0.4 is 5.43 Å². The molecule has 4 nitrogen and oxygen atoms in total. The van der Waals surface area contributed by atoms with Gasteiger partial charge in [-0.1, -0.05) is 38.1 Å². The van der Waals surface area contributed by atoms with Gasteiger partial charge in [-0.05, 0) is 42.5 Å². The number of nitrogens with one attached hydrogen (secondary N) is 1. The van der Waals surface area contributed by atoms with Crippen LogP contribution in [0, 0.1) is 5.92 Å². The van der Waals surface area contributed by atoms with Gasteiger partial charge in [0.05, 0.1) is 11.3 Å². The summed E-state index contributed by atoms with van der Waals surface area (Å²) in [5.41, 5.74) is 6.13. The fourth-order valence-electron chi connectivity index (χ4n) is 2.11. The summed E-state index contributed by atoms with van der Waals surface area (Å²) >= 11 is 0. The Morgan fingerprint density at radius 3 is 2.50 bits per heavy atom. The summed E-state index contributed by atoms with van der Waals surface area (Å²) in [6.07, 6.45) is 4.21. The minimum atomic E-state index is -0.260. The van der Waals surface area contributed by atoms with Gasteiger partial charge in [-0.2, -0.15) is 5.10 Å². The van der Waals surface area contributed by atoms with Crippen molar-refractivity contribution in [1.82, 2.24) is 10.4 Å². The zero-order chi connectivity index (χ0) is 15.9. The second kappa shape index (κ2) is 7.50. The van der Waals surface area contributed by atoms with Crippen molar-refractivity contribution in [1.29, 1.82) is 0 Å². The van der Waals surface area contributed by atoms with Gasteiger partial charge < -0.3 is 0 Å². The quantitative estimate of drug-likeness (QED) is 0.678. The van der Waals surface area contributed by atoms with Crippen LogP contribution in [0.3, 0.4) is 0 Å². The first kappa shape index (κ1) is 15.9. The highest BCUT2D eigenvalue weighted by molar-refractivity contribution is 6.00. The molecule has 1 N–H and O–H groups in total. The Kier molecular flexibility index (Phi) is 5.42. The lowest BCUT2D eigenvalue weighted by molar-refractivity contribution is 0.0954. The van der Waals surface area contributed by atoms with E-state index in [9.17, 15) is 4.79 Å². The number of hydrogen-bond acceptors (Lipinski definition) is 3. The van der Waals surface area contributed by atoms with Crippen LogP contribution in [0.15, 0.2) is 53.9 Å². The van der Waals surface area contributed by atoms with Crippen LogP contribution in [0.1, 0.15) is 42.3 Å². The third kappa shape index (κ3) is 4.52. The first-order chi connectivity index (χ1) is 10.6. The molecule has 0 spiro atoms. The number of aromatic nitrogens is 1. The average molecular weight is 295 g/mol. The molecule has 2 rings (SSSR count). The van der Waals surface area contributed by atoms with Crippen LogP contribution >= 0.6 is 0 Å². The van der Waals surface area contributed by atoms with Crippen molar-refractivity contribution in [2.24, 2.45) is 11.0 Å². The lowest BCUT2D eigenvalue weighted by Crippen LogP contribution is -2.19. The van der Waals surface area contributed by atoms with E-state index in [4.69, 9.17) is 0 Å². The number of pyridine rings is 1. The topological polar surface area (TPSA) is 54.4 Å². The maximum Gasteiger partial charge on any atom is 0.272 e. The van der Waals surface area contributed by atoms with Gasteiger partial charge >= 0.3 is 0 Å². The molecule has 2 aromatic rings. The Morgan fingerprint density at radius 2 is 1.91 bits per heavy atom. The van der Waals surface area contributed by atoms with Crippen molar-refractivity contribution in [2.45, 2.75) is 27.2 Å². The van der Waals surface area contributed by atoms with Gasteiger partial charge in [0.15, 0.2) is 0 Å². The molecule has 4 heteroatoms. The van der Waals surface area contributed by atoms with E-state index in [2.05, 4.69) is 41.5 Å². The summed E-state index contributed by atoms with van der Waals surface area (Å²) < 4.78 is 0. The van der Waals surface area contributed by atoms with Gasteiger partial charge in [0.1, 0.15) is 0 Å². The number of hydrogen-bond donors (Lipinski definition) is 1. The maximum absolute atomic E-state index is 11.9. The summed E-state index contributed by atoms with van der Waals surface area (Å²) in [4.78, 5) is 15.8. The van der Waals surface area contributed by atoms with E-state index in [0.29, 0.717) is 11.5 Å². The van der Waals surface area contributed by atoms with Gasteiger partial charge in [-0.15, -0.1) is 0 Å². The maximum atomic E-state index is 11.9. The number of amides is 1. The van der Waals surface area contributed by atoms with Gasteiger partial charge in [0.25, 0.3) is 5.91 Å². The minimum Gasteiger partial charge on any atom is -0.267 e. The number of nitrogens with zero attached hydrogens (tertiary/aromatic N) is 2. The number of hydrazone groups is 1. The molecule has 1 amide bonds. The third-order valence-corrected chi connectivity index (χ3v) is 3.26. The second-order valence-electron chi connectivity index (χ2n) is 5.67. The van der Waals surface area contributed by atoms with E-state index in [1.165, 1.54) is 11.8 Å². The number of benzene rings is 1. The molecule has 1 aromatic carbocycles. The number of carbonyl (C=O) groups is 1. The normalized spacial score (nSPS) is 11.5. The van der Waals surface area contributed by atoms with Crippen molar-refractivity contribution < 1.29 is 4.79 Å². The molecular formula is C18H21N3O. The Hall–Kier alpha value is -2.49. The molecule has 0 radical (unpaired) electrons. The zero-order valence-electron chi connectivity index (χ0n) is 13.2. The summed E-state index contributed by atoms with van der Waals surface area (Å²) in [7, 11) is 0. The van der Waals surface area contributed by atoms with Crippen LogP contribution in [-0.4, -0.2) is 16.6 Å². The number of carbonyl (C=O) groups excluding carboxylic acids is 1. The monoisotopic (exact) mass is 295 g/mol. The minimum absolute atomic E-state index is 0.260. The lowest BCUT2D eigenvalue weighted by Gasteiger charge is -2.07. The highest BCUT2D eigenvalue weighted by atomic mass is 16.2. The Labute approximate surface area is 131 Å². The van der Waals surface area contributed by atoms with Crippen molar-refractivity contribution in [3.05, 3.63) is 65.5 Å². The van der Waals surface area contributed by atoms with Crippen LogP contribution in [0.25, 0.3) is 0 Å². The molecule has 22 heavy (non-hydrogen) atoms. The lowest BCUT2D eigenvalue weighted by atomic mass is 10.0. The predicted octanol–water partition coefficient (Wildman–Crippen LogP) is 3.43. The summed E-state index contributed by atoms with van der Waals surface area (Å²) in [5, 5.41) is 4.15. The van der Waals surface area contributed by atoms with Crippen LogP contribution in [0.4, 0.5) is 0 Å². The van der Waals surface area contributed by atoms with Gasteiger partial charge in [0, 0.05) is 12.4 Å². The molecule has 0 unspecified atom stereocenters. The molecule has 0 atom stereocenters. The van der Waals surface area contributed by atoms with E-state index < -0.39 is 0 Å². The summed E-state index contributed by atoms with van der Waals surface area (Å²) in [6, 6.07) is 11.7. The molecule has 0 aliphatic rings.